The lowest BCUT2D eigenvalue weighted by Gasteiger charge is -2.25. The van der Waals surface area contributed by atoms with Crippen LogP contribution in [0.25, 0.3) is 0 Å². The zero-order chi connectivity index (χ0) is 14.2. The Labute approximate surface area is 134 Å². The molecule has 0 bridgehead atoms. The molecule has 0 atom stereocenters. The first-order valence-corrected chi connectivity index (χ1v) is 7.43. The molecular weight excluding hydrogens is 286 g/mol. The molecule has 0 aliphatic carbocycles. The Morgan fingerprint density at radius 1 is 1.24 bits per heavy atom. The van der Waals surface area contributed by atoms with Gasteiger partial charge in [0.2, 0.25) is 0 Å². The summed E-state index contributed by atoms with van der Waals surface area (Å²) in [4.78, 5) is 2.39. The maximum Gasteiger partial charge on any atom is 0.120 e. The third kappa shape index (κ3) is 6.51. The van der Waals surface area contributed by atoms with Crippen LogP contribution >= 0.6 is 12.4 Å². The summed E-state index contributed by atoms with van der Waals surface area (Å²) in [5.41, 5.74) is 1.32. The Kier molecular flexibility index (Phi) is 8.43. The Bertz CT molecular complexity index is 429. The first kappa shape index (κ1) is 18.0. The second kappa shape index (κ2) is 9.82. The second-order valence-electron chi connectivity index (χ2n) is 5.42. The molecule has 2 rings (SSSR count). The number of hydrogen-bond acceptors (Lipinski definition) is 3. The van der Waals surface area contributed by atoms with Crippen molar-refractivity contribution in [3.63, 3.8) is 0 Å². The van der Waals surface area contributed by atoms with E-state index in [2.05, 4.69) is 49.1 Å². The van der Waals surface area contributed by atoms with Crippen molar-refractivity contribution >= 4 is 12.4 Å². The number of rotatable bonds is 6. The molecule has 0 N–H and O–H groups in total. The molecular formula is C17H26ClNO2. The van der Waals surface area contributed by atoms with Crippen LogP contribution in [0.2, 0.25) is 0 Å². The highest BCUT2D eigenvalue weighted by molar-refractivity contribution is 5.85. The van der Waals surface area contributed by atoms with Gasteiger partial charge in [-0.3, -0.25) is 4.90 Å². The highest BCUT2D eigenvalue weighted by Gasteiger charge is 2.07. The predicted molar refractivity (Wildman–Crippen MR) is 89.7 cm³/mol. The van der Waals surface area contributed by atoms with E-state index >= 15 is 0 Å². The predicted octanol–water partition coefficient (Wildman–Crippen LogP) is 3.50. The number of morpholine rings is 1. The van der Waals surface area contributed by atoms with Crippen molar-refractivity contribution < 1.29 is 9.47 Å². The topological polar surface area (TPSA) is 21.7 Å². The molecule has 0 saturated carbocycles. The fourth-order valence-corrected chi connectivity index (χ4v) is 2.18. The summed E-state index contributed by atoms with van der Waals surface area (Å²) in [7, 11) is 0. The molecule has 3 nitrogen and oxygen atoms in total. The molecule has 1 aromatic rings. The minimum Gasteiger partial charge on any atom is -0.490 e. The van der Waals surface area contributed by atoms with E-state index in [1.54, 1.807) is 0 Å². The number of nitrogens with zero attached hydrogens (tertiary/aromatic N) is 1. The first-order chi connectivity index (χ1) is 9.75. The van der Waals surface area contributed by atoms with Crippen LogP contribution in [0.1, 0.15) is 25.3 Å². The van der Waals surface area contributed by atoms with E-state index in [1.165, 1.54) is 5.56 Å². The summed E-state index contributed by atoms with van der Waals surface area (Å²) < 4.78 is 11.1. The van der Waals surface area contributed by atoms with Crippen molar-refractivity contribution in [2.45, 2.75) is 19.8 Å². The average molecular weight is 312 g/mol. The van der Waals surface area contributed by atoms with Gasteiger partial charge in [0.15, 0.2) is 0 Å². The number of ether oxygens (including phenoxy) is 2. The molecule has 1 fully saturated rings. The molecule has 0 unspecified atom stereocenters. The molecule has 1 heterocycles. The molecule has 1 aliphatic rings. The van der Waals surface area contributed by atoms with Crippen LogP contribution in [0.4, 0.5) is 0 Å². The van der Waals surface area contributed by atoms with E-state index in [0.717, 1.165) is 38.6 Å². The quantitative estimate of drug-likeness (QED) is 0.751. The Balaban J connectivity index is 0.00000220. The minimum absolute atomic E-state index is 0. The highest BCUT2D eigenvalue weighted by Crippen LogP contribution is 2.19. The van der Waals surface area contributed by atoms with Gasteiger partial charge in [-0.1, -0.05) is 38.1 Å². The third-order valence-electron chi connectivity index (χ3n) is 3.50. The fraction of sp³-hybridized carbons (Fsp3) is 0.529. The van der Waals surface area contributed by atoms with Gasteiger partial charge in [-0.05, 0) is 23.6 Å². The van der Waals surface area contributed by atoms with Crippen molar-refractivity contribution in [2.75, 3.05) is 39.5 Å². The van der Waals surface area contributed by atoms with Crippen molar-refractivity contribution in [3.05, 3.63) is 42.0 Å². The number of benzene rings is 1. The lowest BCUT2D eigenvalue weighted by molar-refractivity contribution is 0.0434. The van der Waals surface area contributed by atoms with Gasteiger partial charge < -0.3 is 9.47 Å². The zero-order valence-electron chi connectivity index (χ0n) is 13.0. The van der Waals surface area contributed by atoms with Crippen LogP contribution in [0, 0.1) is 0 Å². The van der Waals surface area contributed by atoms with E-state index in [0.29, 0.717) is 12.5 Å². The zero-order valence-corrected chi connectivity index (χ0v) is 13.8. The lowest BCUT2D eigenvalue weighted by atomic mass is 10.0. The van der Waals surface area contributed by atoms with Crippen LogP contribution < -0.4 is 4.74 Å². The Morgan fingerprint density at radius 2 is 2.00 bits per heavy atom. The smallest absolute Gasteiger partial charge is 0.120 e. The largest absolute Gasteiger partial charge is 0.490 e. The molecule has 1 aromatic carbocycles. The molecule has 0 amide bonds. The molecule has 4 heteroatoms. The van der Waals surface area contributed by atoms with Crippen LogP contribution in [0.3, 0.4) is 0 Å². The van der Waals surface area contributed by atoms with Gasteiger partial charge in [-0.15, -0.1) is 12.4 Å². The molecule has 21 heavy (non-hydrogen) atoms. The third-order valence-corrected chi connectivity index (χ3v) is 3.50. The summed E-state index contributed by atoms with van der Waals surface area (Å²) in [5, 5.41) is 0. The van der Waals surface area contributed by atoms with Crippen LogP contribution in [0.15, 0.2) is 36.4 Å². The second-order valence-corrected chi connectivity index (χ2v) is 5.42. The average Bonchev–Trinajstić information content (AvgIpc) is 2.48. The fourth-order valence-electron chi connectivity index (χ4n) is 2.18. The molecule has 0 radical (unpaired) electrons. The van der Waals surface area contributed by atoms with Crippen molar-refractivity contribution in [2.24, 2.45) is 0 Å². The van der Waals surface area contributed by atoms with Gasteiger partial charge in [0.25, 0.3) is 0 Å². The standard InChI is InChI=1S/C17H25NO2.ClH/c1-15(2)16-6-5-7-17(14-16)20-11-4-3-8-18-9-12-19-13-10-18;/h3-7,14-15H,8-13H2,1-2H3;1H. The van der Waals surface area contributed by atoms with Gasteiger partial charge in [0, 0.05) is 19.6 Å². The minimum atomic E-state index is 0. The molecule has 0 aromatic heterocycles. The summed E-state index contributed by atoms with van der Waals surface area (Å²) >= 11 is 0. The van der Waals surface area contributed by atoms with E-state index in [9.17, 15) is 0 Å². The van der Waals surface area contributed by atoms with Crippen LogP contribution in [-0.4, -0.2) is 44.4 Å². The van der Waals surface area contributed by atoms with Gasteiger partial charge in [-0.25, -0.2) is 0 Å². The van der Waals surface area contributed by atoms with Crippen molar-refractivity contribution in [1.29, 1.82) is 0 Å². The van der Waals surface area contributed by atoms with E-state index < -0.39 is 0 Å². The monoisotopic (exact) mass is 311 g/mol. The summed E-state index contributed by atoms with van der Waals surface area (Å²) in [5.74, 6) is 1.49. The summed E-state index contributed by atoms with van der Waals surface area (Å²) in [6, 6.07) is 8.34. The van der Waals surface area contributed by atoms with E-state index in [-0.39, 0.29) is 12.4 Å². The van der Waals surface area contributed by atoms with Gasteiger partial charge in [0.1, 0.15) is 12.4 Å². The number of halogens is 1. The molecule has 1 aliphatic heterocycles. The van der Waals surface area contributed by atoms with Gasteiger partial charge in [-0.2, -0.15) is 0 Å². The maximum absolute atomic E-state index is 5.76. The van der Waals surface area contributed by atoms with E-state index in [4.69, 9.17) is 9.47 Å². The normalized spacial score (nSPS) is 16.1. The van der Waals surface area contributed by atoms with Crippen LogP contribution in [-0.2, 0) is 4.74 Å². The molecule has 0 spiro atoms. The highest BCUT2D eigenvalue weighted by atomic mass is 35.5. The van der Waals surface area contributed by atoms with Gasteiger partial charge in [0.05, 0.1) is 13.2 Å². The summed E-state index contributed by atoms with van der Waals surface area (Å²) in [6.07, 6.45) is 4.27. The molecule has 118 valence electrons. The van der Waals surface area contributed by atoms with Crippen molar-refractivity contribution in [1.82, 2.24) is 4.90 Å². The van der Waals surface area contributed by atoms with Crippen LogP contribution in [0.5, 0.6) is 5.75 Å². The number of hydrogen-bond donors (Lipinski definition) is 0. The Morgan fingerprint density at radius 3 is 2.71 bits per heavy atom. The molecule has 1 saturated heterocycles. The Hall–Kier alpha value is -1.03. The summed E-state index contributed by atoms with van der Waals surface area (Å²) in [6.45, 7) is 9.77. The SMILES string of the molecule is CC(C)c1cccc(OCC=CCN2CCOCC2)c1.Cl. The van der Waals surface area contributed by atoms with E-state index in [1.807, 2.05) is 6.07 Å². The maximum atomic E-state index is 5.76. The first-order valence-electron chi connectivity index (χ1n) is 7.43. The van der Waals surface area contributed by atoms with Crippen molar-refractivity contribution in [3.8, 4) is 5.75 Å². The lowest BCUT2D eigenvalue weighted by Crippen LogP contribution is -2.36. The van der Waals surface area contributed by atoms with Gasteiger partial charge >= 0.3 is 0 Å².